The van der Waals surface area contributed by atoms with Gasteiger partial charge in [0.1, 0.15) is 11.5 Å². The maximum Gasteiger partial charge on any atom is 0.298 e. The molecule has 4 heterocycles. The Morgan fingerprint density at radius 1 is 0.886 bits per heavy atom. The highest BCUT2D eigenvalue weighted by Crippen LogP contribution is 2.30. The van der Waals surface area contributed by atoms with Gasteiger partial charge in [0.2, 0.25) is 0 Å². The van der Waals surface area contributed by atoms with Crippen LogP contribution >= 0.6 is 11.3 Å². The molecule has 2 aliphatic rings. The minimum absolute atomic E-state index is 0.00280. The largest absolute Gasteiger partial charge is 0.353 e. The first kappa shape index (κ1) is 23.1. The first-order chi connectivity index (χ1) is 17.2. The third-order valence-electron chi connectivity index (χ3n) is 6.50. The van der Waals surface area contributed by atoms with Gasteiger partial charge in [-0.25, -0.2) is 9.97 Å². The van der Waals surface area contributed by atoms with Crippen LogP contribution in [0, 0.1) is 11.8 Å². The summed E-state index contributed by atoms with van der Waals surface area (Å²) >= 11 is 1.55. The molecule has 0 N–H and O–H groups in total. The molecule has 0 saturated carbocycles. The van der Waals surface area contributed by atoms with Crippen LogP contribution in [0.3, 0.4) is 0 Å². The number of carbonyl (C=O) groups is 2. The Hall–Kier alpha value is -3.70. The van der Waals surface area contributed by atoms with Crippen molar-refractivity contribution in [1.82, 2.24) is 19.8 Å². The number of piperazine rings is 1. The molecule has 2 amide bonds. The van der Waals surface area contributed by atoms with Gasteiger partial charge >= 0.3 is 0 Å². The fraction of sp³-hybridized carbons (Fsp3) is 0.333. The van der Waals surface area contributed by atoms with Crippen LogP contribution in [-0.2, 0) is 4.79 Å². The maximum atomic E-state index is 13.0. The van der Waals surface area contributed by atoms with E-state index in [2.05, 4.69) is 21.7 Å². The highest BCUT2D eigenvalue weighted by Gasteiger charge is 2.28. The fourth-order valence-electron chi connectivity index (χ4n) is 4.47. The second-order valence-electron chi connectivity index (χ2n) is 8.72. The Kier molecular flexibility index (Phi) is 7.05. The molecular weight excluding hydrogens is 458 g/mol. The maximum absolute atomic E-state index is 13.0. The SMILES string of the molecule is O=C(C#Cc1ccccc1)N1CCC(c2nc(C(=O)N3CCN(c4ccccn4)CC3)cs2)CC1. The zero-order chi connectivity index (χ0) is 24.0. The van der Waals surface area contributed by atoms with Crippen LogP contribution in [0.2, 0.25) is 0 Å². The van der Waals surface area contributed by atoms with E-state index in [1.807, 2.05) is 63.7 Å². The average Bonchev–Trinajstić information content (AvgIpc) is 3.43. The van der Waals surface area contributed by atoms with Gasteiger partial charge in [-0.3, -0.25) is 9.59 Å². The molecule has 0 aliphatic carbocycles. The molecule has 0 atom stereocenters. The number of rotatable bonds is 3. The second kappa shape index (κ2) is 10.7. The van der Waals surface area contributed by atoms with Crippen LogP contribution in [0.1, 0.15) is 39.8 Å². The normalized spacial score (nSPS) is 16.5. The average molecular weight is 486 g/mol. The number of hydrogen-bond donors (Lipinski definition) is 0. The summed E-state index contributed by atoms with van der Waals surface area (Å²) in [5, 5.41) is 2.87. The molecule has 2 fully saturated rings. The first-order valence-corrected chi connectivity index (χ1v) is 12.8. The number of hydrogen-bond acceptors (Lipinski definition) is 6. The number of anilines is 1. The van der Waals surface area contributed by atoms with E-state index >= 15 is 0 Å². The molecule has 0 unspecified atom stereocenters. The van der Waals surface area contributed by atoms with E-state index < -0.39 is 0 Å². The summed E-state index contributed by atoms with van der Waals surface area (Å²) in [6.07, 6.45) is 3.47. The third kappa shape index (κ3) is 5.52. The van der Waals surface area contributed by atoms with E-state index in [1.54, 1.807) is 17.5 Å². The molecular formula is C27H27N5O2S. The number of thiazole rings is 1. The predicted octanol–water partition coefficient (Wildman–Crippen LogP) is 3.26. The quantitative estimate of drug-likeness (QED) is 0.533. The Balaban J connectivity index is 1.12. The van der Waals surface area contributed by atoms with Crippen LogP contribution < -0.4 is 4.90 Å². The van der Waals surface area contributed by atoms with Crippen LogP contribution in [0.15, 0.2) is 60.1 Å². The number of likely N-dealkylation sites (tertiary alicyclic amines) is 1. The minimum atomic E-state index is -0.132. The van der Waals surface area contributed by atoms with Crippen molar-refractivity contribution in [2.24, 2.45) is 0 Å². The number of benzene rings is 1. The fourth-order valence-corrected chi connectivity index (χ4v) is 5.44. The Morgan fingerprint density at radius 2 is 1.63 bits per heavy atom. The van der Waals surface area contributed by atoms with Crippen LogP contribution in [0.25, 0.3) is 0 Å². The summed E-state index contributed by atoms with van der Waals surface area (Å²) in [7, 11) is 0. The predicted molar refractivity (Wildman–Crippen MR) is 136 cm³/mol. The molecule has 178 valence electrons. The highest BCUT2D eigenvalue weighted by molar-refractivity contribution is 7.09. The lowest BCUT2D eigenvalue weighted by Crippen LogP contribution is -2.49. The van der Waals surface area contributed by atoms with Gasteiger partial charge in [-0.15, -0.1) is 11.3 Å². The molecule has 7 nitrogen and oxygen atoms in total. The molecule has 0 spiro atoms. The number of aromatic nitrogens is 2. The van der Waals surface area contributed by atoms with E-state index in [4.69, 9.17) is 4.98 Å². The van der Waals surface area contributed by atoms with Gasteiger partial charge in [0.25, 0.3) is 11.8 Å². The van der Waals surface area contributed by atoms with Crippen molar-refractivity contribution in [1.29, 1.82) is 0 Å². The highest BCUT2D eigenvalue weighted by atomic mass is 32.1. The van der Waals surface area contributed by atoms with E-state index in [9.17, 15) is 9.59 Å². The number of amides is 2. The van der Waals surface area contributed by atoms with E-state index in [1.165, 1.54) is 0 Å². The minimum Gasteiger partial charge on any atom is -0.353 e. The lowest BCUT2D eigenvalue weighted by molar-refractivity contribution is -0.126. The molecule has 0 radical (unpaired) electrons. The molecule has 2 aliphatic heterocycles. The number of piperidine rings is 1. The Bertz CT molecular complexity index is 1220. The van der Waals surface area contributed by atoms with E-state index in [-0.39, 0.29) is 17.7 Å². The molecule has 3 aromatic rings. The summed E-state index contributed by atoms with van der Waals surface area (Å²) in [5.41, 5.74) is 1.37. The molecule has 35 heavy (non-hydrogen) atoms. The topological polar surface area (TPSA) is 69.6 Å². The molecule has 8 heteroatoms. The third-order valence-corrected chi connectivity index (χ3v) is 7.51. The van der Waals surface area contributed by atoms with Crippen molar-refractivity contribution in [2.75, 3.05) is 44.2 Å². The lowest BCUT2D eigenvalue weighted by Gasteiger charge is -2.35. The lowest BCUT2D eigenvalue weighted by atomic mass is 9.97. The van der Waals surface area contributed by atoms with E-state index in [0.29, 0.717) is 31.9 Å². The van der Waals surface area contributed by atoms with Gasteiger partial charge in [0.05, 0.1) is 5.01 Å². The van der Waals surface area contributed by atoms with Gasteiger partial charge in [0, 0.05) is 68.2 Å². The van der Waals surface area contributed by atoms with Crippen LogP contribution in [-0.4, -0.2) is 70.9 Å². The Morgan fingerprint density at radius 3 is 2.34 bits per heavy atom. The Labute approximate surface area is 209 Å². The van der Waals surface area contributed by atoms with Gasteiger partial charge in [0.15, 0.2) is 0 Å². The molecule has 2 aromatic heterocycles. The van der Waals surface area contributed by atoms with Crippen molar-refractivity contribution in [3.8, 4) is 11.8 Å². The van der Waals surface area contributed by atoms with Crippen molar-refractivity contribution in [3.63, 3.8) is 0 Å². The number of nitrogens with zero attached hydrogens (tertiary/aromatic N) is 5. The molecule has 2 saturated heterocycles. The monoisotopic (exact) mass is 485 g/mol. The zero-order valence-electron chi connectivity index (χ0n) is 19.5. The van der Waals surface area contributed by atoms with Gasteiger partial charge in [-0.2, -0.15) is 0 Å². The van der Waals surface area contributed by atoms with Gasteiger partial charge in [-0.05, 0) is 37.1 Å². The smallest absolute Gasteiger partial charge is 0.298 e. The van der Waals surface area contributed by atoms with Crippen LogP contribution in [0.5, 0.6) is 0 Å². The van der Waals surface area contributed by atoms with Crippen molar-refractivity contribution >= 4 is 29.0 Å². The van der Waals surface area contributed by atoms with E-state index in [0.717, 1.165) is 42.3 Å². The summed E-state index contributed by atoms with van der Waals surface area (Å²) in [4.78, 5) is 40.5. The number of pyridine rings is 1. The van der Waals surface area contributed by atoms with Gasteiger partial charge < -0.3 is 14.7 Å². The summed E-state index contributed by atoms with van der Waals surface area (Å²) < 4.78 is 0. The summed E-state index contributed by atoms with van der Waals surface area (Å²) in [6, 6.07) is 15.4. The zero-order valence-corrected chi connectivity index (χ0v) is 20.3. The number of carbonyl (C=O) groups excluding carboxylic acids is 2. The van der Waals surface area contributed by atoms with Crippen LogP contribution in [0.4, 0.5) is 5.82 Å². The second-order valence-corrected chi connectivity index (χ2v) is 9.61. The van der Waals surface area contributed by atoms with Crippen molar-refractivity contribution < 1.29 is 9.59 Å². The molecule has 5 rings (SSSR count). The standard InChI is InChI=1S/C27H27N5O2S/c33-25(10-9-21-6-2-1-3-7-21)31-14-11-22(12-15-31)26-29-23(20-35-26)27(34)32-18-16-30(17-19-32)24-8-4-5-13-28-24/h1-8,13,20,22H,11-12,14-19H2. The van der Waals surface area contributed by atoms with Crippen molar-refractivity contribution in [2.45, 2.75) is 18.8 Å². The van der Waals surface area contributed by atoms with Crippen molar-refractivity contribution in [3.05, 3.63) is 76.4 Å². The molecule has 0 bridgehead atoms. The summed E-state index contributed by atoms with van der Waals surface area (Å²) in [6.45, 7) is 4.16. The first-order valence-electron chi connectivity index (χ1n) is 11.9. The molecule has 1 aromatic carbocycles. The van der Waals surface area contributed by atoms with Gasteiger partial charge in [-0.1, -0.05) is 30.2 Å². The summed E-state index contributed by atoms with van der Waals surface area (Å²) in [5.74, 6) is 6.79.